The number of carbonyl (C=O) groups is 2. The molecular weight excluding hydrogens is 396 g/mol. The molecule has 1 heterocycles. The van der Waals surface area contributed by atoms with Gasteiger partial charge in [0.25, 0.3) is 5.91 Å². The summed E-state index contributed by atoms with van der Waals surface area (Å²) >= 11 is 0. The van der Waals surface area contributed by atoms with Crippen molar-refractivity contribution in [3.63, 3.8) is 0 Å². The van der Waals surface area contributed by atoms with Crippen molar-refractivity contribution in [2.45, 2.75) is 19.3 Å². The molecule has 3 aromatic carbocycles. The fraction of sp³-hybridized carbons (Fsp3) is 0.286. The Morgan fingerprint density at radius 2 is 1.28 bits per heavy atom. The van der Waals surface area contributed by atoms with Crippen molar-refractivity contribution >= 4 is 17.4 Å². The van der Waals surface area contributed by atoms with E-state index in [0.29, 0.717) is 12.1 Å². The number of hydrogen-bond donors (Lipinski definition) is 0. The Hall–Kier alpha value is -3.24. The summed E-state index contributed by atoms with van der Waals surface area (Å²) in [5, 5.41) is 0. The Morgan fingerprint density at radius 3 is 1.88 bits per heavy atom. The molecule has 0 aromatic heterocycles. The van der Waals surface area contributed by atoms with Gasteiger partial charge in [-0.25, -0.2) is 0 Å². The SMILES string of the molecule is O=C(c1ccccc1)C1CCN(CCCN(C(=O)c2ccccc2)c2ccccc2)CC1. The van der Waals surface area contributed by atoms with Gasteiger partial charge in [-0.3, -0.25) is 9.59 Å². The minimum atomic E-state index is 0.0314. The van der Waals surface area contributed by atoms with E-state index in [4.69, 9.17) is 0 Å². The maximum absolute atomic E-state index is 13.2. The second-order valence-electron chi connectivity index (χ2n) is 8.36. The van der Waals surface area contributed by atoms with Gasteiger partial charge in [0.2, 0.25) is 0 Å². The molecule has 3 aromatic rings. The lowest BCUT2D eigenvalue weighted by Crippen LogP contribution is -2.39. The normalized spacial score (nSPS) is 14.8. The van der Waals surface area contributed by atoms with Gasteiger partial charge in [-0.1, -0.05) is 66.7 Å². The molecule has 1 aliphatic rings. The number of ketones is 1. The molecule has 4 nitrogen and oxygen atoms in total. The first-order chi connectivity index (χ1) is 15.7. The summed E-state index contributed by atoms with van der Waals surface area (Å²) in [4.78, 5) is 30.2. The van der Waals surface area contributed by atoms with Crippen LogP contribution in [0.3, 0.4) is 0 Å². The van der Waals surface area contributed by atoms with E-state index >= 15 is 0 Å². The van der Waals surface area contributed by atoms with Crippen molar-refractivity contribution in [3.8, 4) is 0 Å². The third-order valence-corrected chi connectivity index (χ3v) is 6.21. The summed E-state index contributed by atoms with van der Waals surface area (Å²) in [6.45, 7) is 3.46. The predicted molar refractivity (Wildman–Crippen MR) is 129 cm³/mol. The first kappa shape index (κ1) is 22.0. The number of anilines is 1. The third-order valence-electron chi connectivity index (χ3n) is 6.21. The summed E-state index contributed by atoms with van der Waals surface area (Å²) < 4.78 is 0. The van der Waals surface area contributed by atoms with Crippen molar-refractivity contribution in [2.24, 2.45) is 5.92 Å². The van der Waals surface area contributed by atoms with Crippen molar-refractivity contribution < 1.29 is 9.59 Å². The van der Waals surface area contributed by atoms with Crippen LogP contribution in [0.15, 0.2) is 91.0 Å². The van der Waals surface area contributed by atoms with Gasteiger partial charge >= 0.3 is 0 Å². The van der Waals surface area contributed by atoms with Crippen LogP contribution in [0.25, 0.3) is 0 Å². The Kier molecular flexibility index (Phi) is 7.47. The molecule has 1 saturated heterocycles. The number of benzene rings is 3. The number of likely N-dealkylation sites (tertiary alicyclic amines) is 1. The number of para-hydroxylation sites is 1. The molecule has 164 valence electrons. The van der Waals surface area contributed by atoms with Crippen molar-refractivity contribution in [1.82, 2.24) is 4.90 Å². The average molecular weight is 427 g/mol. The van der Waals surface area contributed by atoms with Crippen LogP contribution >= 0.6 is 0 Å². The second kappa shape index (κ2) is 10.9. The molecule has 0 saturated carbocycles. The minimum absolute atomic E-state index is 0.0314. The van der Waals surface area contributed by atoms with Gasteiger partial charge in [0.05, 0.1) is 0 Å². The highest BCUT2D eigenvalue weighted by molar-refractivity contribution is 6.06. The van der Waals surface area contributed by atoms with Gasteiger partial charge in [0, 0.05) is 29.3 Å². The molecule has 0 N–H and O–H groups in total. The maximum atomic E-state index is 13.2. The number of carbonyl (C=O) groups excluding carboxylic acids is 2. The molecule has 0 aliphatic carbocycles. The smallest absolute Gasteiger partial charge is 0.258 e. The molecule has 0 bridgehead atoms. The van der Waals surface area contributed by atoms with E-state index in [0.717, 1.165) is 50.1 Å². The molecule has 1 amide bonds. The lowest BCUT2D eigenvalue weighted by atomic mass is 9.89. The van der Waals surface area contributed by atoms with E-state index in [1.54, 1.807) is 0 Å². The van der Waals surface area contributed by atoms with E-state index in [9.17, 15) is 9.59 Å². The van der Waals surface area contributed by atoms with Crippen LogP contribution in [0.4, 0.5) is 5.69 Å². The van der Waals surface area contributed by atoms with Crippen molar-refractivity contribution in [2.75, 3.05) is 31.1 Å². The van der Waals surface area contributed by atoms with E-state index < -0.39 is 0 Å². The molecular formula is C28H30N2O2. The fourth-order valence-electron chi connectivity index (χ4n) is 4.40. The number of amides is 1. The first-order valence-electron chi connectivity index (χ1n) is 11.5. The second-order valence-corrected chi connectivity index (χ2v) is 8.36. The molecule has 1 aliphatic heterocycles. The van der Waals surface area contributed by atoms with Crippen LogP contribution in [0.1, 0.15) is 40.0 Å². The average Bonchev–Trinajstić information content (AvgIpc) is 2.88. The minimum Gasteiger partial charge on any atom is -0.308 e. The molecule has 4 heteroatoms. The van der Waals surface area contributed by atoms with Crippen molar-refractivity contribution in [3.05, 3.63) is 102 Å². The zero-order valence-corrected chi connectivity index (χ0v) is 18.4. The lowest BCUT2D eigenvalue weighted by Gasteiger charge is -2.32. The third kappa shape index (κ3) is 5.51. The summed E-state index contributed by atoms with van der Waals surface area (Å²) in [6, 6.07) is 29.0. The van der Waals surface area contributed by atoms with Gasteiger partial charge in [-0.15, -0.1) is 0 Å². The van der Waals surface area contributed by atoms with E-state index in [-0.39, 0.29) is 17.6 Å². The van der Waals surface area contributed by atoms with Crippen LogP contribution < -0.4 is 4.90 Å². The molecule has 0 unspecified atom stereocenters. The lowest BCUT2D eigenvalue weighted by molar-refractivity contribution is 0.0837. The van der Waals surface area contributed by atoms with Gasteiger partial charge in [0.1, 0.15) is 0 Å². The topological polar surface area (TPSA) is 40.6 Å². The fourth-order valence-corrected chi connectivity index (χ4v) is 4.40. The van der Waals surface area contributed by atoms with Crippen LogP contribution in [-0.2, 0) is 0 Å². The highest BCUT2D eigenvalue weighted by Crippen LogP contribution is 2.22. The largest absolute Gasteiger partial charge is 0.308 e. The van der Waals surface area contributed by atoms with Gasteiger partial charge in [-0.05, 0) is 63.2 Å². The van der Waals surface area contributed by atoms with Gasteiger partial charge < -0.3 is 9.80 Å². The molecule has 0 atom stereocenters. The van der Waals surface area contributed by atoms with Gasteiger partial charge in [-0.2, -0.15) is 0 Å². The van der Waals surface area contributed by atoms with Crippen LogP contribution in [0.5, 0.6) is 0 Å². The van der Waals surface area contributed by atoms with Crippen molar-refractivity contribution in [1.29, 1.82) is 0 Å². The predicted octanol–water partition coefficient (Wildman–Crippen LogP) is 5.32. The number of Topliss-reactive ketones (excluding diaryl/α,β-unsaturated/α-hetero) is 1. The molecule has 0 radical (unpaired) electrons. The Labute approximate surface area is 190 Å². The first-order valence-corrected chi connectivity index (χ1v) is 11.5. The summed E-state index contributed by atoms with van der Waals surface area (Å²) in [5.41, 5.74) is 2.45. The number of nitrogens with zero attached hydrogens (tertiary/aromatic N) is 2. The quantitative estimate of drug-likeness (QED) is 0.458. The summed E-state index contributed by atoms with van der Waals surface area (Å²) in [5.74, 6) is 0.423. The number of hydrogen-bond acceptors (Lipinski definition) is 3. The molecule has 32 heavy (non-hydrogen) atoms. The Bertz CT molecular complexity index is 997. The molecule has 4 rings (SSSR count). The van der Waals surface area contributed by atoms with Crippen LogP contribution in [-0.4, -0.2) is 42.8 Å². The summed E-state index contributed by atoms with van der Waals surface area (Å²) in [7, 11) is 0. The van der Waals surface area contributed by atoms with Crippen LogP contribution in [0, 0.1) is 5.92 Å². The molecule has 1 fully saturated rings. The van der Waals surface area contributed by atoms with E-state index in [1.807, 2.05) is 95.9 Å². The van der Waals surface area contributed by atoms with Gasteiger partial charge in [0.15, 0.2) is 5.78 Å². The van der Waals surface area contributed by atoms with E-state index in [1.165, 1.54) is 0 Å². The van der Waals surface area contributed by atoms with Crippen LogP contribution in [0.2, 0.25) is 0 Å². The monoisotopic (exact) mass is 426 g/mol. The highest BCUT2D eigenvalue weighted by atomic mass is 16.2. The van der Waals surface area contributed by atoms with E-state index in [2.05, 4.69) is 4.90 Å². The number of rotatable bonds is 8. The standard InChI is InChI=1S/C28H30N2O2/c31-27(23-11-4-1-5-12-23)24-17-21-29(22-18-24)19-10-20-30(26-15-8-3-9-16-26)28(32)25-13-6-2-7-14-25/h1-9,11-16,24H,10,17-22H2. The number of piperidine rings is 1. The molecule has 0 spiro atoms. The Balaban J connectivity index is 1.31. The maximum Gasteiger partial charge on any atom is 0.258 e. The highest BCUT2D eigenvalue weighted by Gasteiger charge is 2.26. The Morgan fingerprint density at radius 1 is 0.750 bits per heavy atom. The zero-order chi connectivity index (χ0) is 22.2. The summed E-state index contributed by atoms with van der Waals surface area (Å²) in [6.07, 6.45) is 2.70. The zero-order valence-electron chi connectivity index (χ0n) is 18.4.